The Labute approximate surface area is 134 Å². The van der Waals surface area contributed by atoms with Crippen LogP contribution in [-0.4, -0.2) is 10.9 Å². The number of aryl methyl sites for hydroxylation is 1. The third-order valence-electron chi connectivity index (χ3n) is 3.23. The van der Waals surface area contributed by atoms with Crippen molar-refractivity contribution in [3.05, 3.63) is 57.3 Å². The number of nitrogens with zero attached hydrogens (tertiary/aromatic N) is 1. The fourth-order valence-electron chi connectivity index (χ4n) is 2.11. The number of pyridine rings is 1. The summed E-state index contributed by atoms with van der Waals surface area (Å²) in [5, 5.41) is 3.44. The summed E-state index contributed by atoms with van der Waals surface area (Å²) in [7, 11) is 0. The molecule has 3 nitrogen and oxygen atoms in total. The number of carbonyl (C=O) groups is 1. The fraction of sp³-hybridized carbons (Fsp3) is 0.250. The quantitative estimate of drug-likeness (QED) is 0.801. The average Bonchev–Trinajstić information content (AvgIpc) is 2.43. The first-order valence-electron chi connectivity index (χ1n) is 6.62. The molecule has 0 aliphatic rings. The molecule has 0 atom stereocenters. The molecule has 1 amide bonds. The van der Waals surface area contributed by atoms with Gasteiger partial charge in [-0.3, -0.25) is 4.79 Å². The van der Waals surface area contributed by atoms with E-state index in [9.17, 15) is 4.79 Å². The van der Waals surface area contributed by atoms with E-state index < -0.39 is 0 Å². The van der Waals surface area contributed by atoms with E-state index in [2.05, 4.69) is 24.1 Å². The molecule has 0 bridgehead atoms. The number of hydrogen-bond acceptors (Lipinski definition) is 2. The van der Waals surface area contributed by atoms with Crippen molar-refractivity contribution in [2.24, 2.45) is 0 Å². The molecule has 2 rings (SSSR count). The molecular formula is C16H16Cl2N2O. The Bertz CT molecular complexity index is 684. The van der Waals surface area contributed by atoms with Gasteiger partial charge in [0.15, 0.2) is 0 Å². The van der Waals surface area contributed by atoms with Crippen LogP contribution >= 0.6 is 23.2 Å². The standard InChI is InChI=1S/C16H16Cl2N2O/c1-9(2)11-6-4-5-10(3)15(11)20-16(21)12-7-14(18)19-8-13(12)17/h4-9H,1-3H3,(H,20,21). The first-order valence-corrected chi connectivity index (χ1v) is 7.37. The lowest BCUT2D eigenvalue weighted by atomic mass is 9.98. The molecule has 1 aromatic heterocycles. The van der Waals surface area contributed by atoms with Crippen molar-refractivity contribution in [1.29, 1.82) is 0 Å². The number of halogens is 2. The third-order valence-corrected chi connectivity index (χ3v) is 3.74. The average molecular weight is 323 g/mol. The number of benzene rings is 1. The van der Waals surface area contributed by atoms with Gasteiger partial charge in [-0.1, -0.05) is 55.2 Å². The number of rotatable bonds is 3. The van der Waals surface area contributed by atoms with Gasteiger partial charge in [0.1, 0.15) is 5.15 Å². The summed E-state index contributed by atoms with van der Waals surface area (Å²) >= 11 is 11.8. The van der Waals surface area contributed by atoms with E-state index in [1.807, 2.05) is 25.1 Å². The molecule has 2 aromatic rings. The van der Waals surface area contributed by atoms with Gasteiger partial charge < -0.3 is 5.32 Å². The Hall–Kier alpha value is -1.58. The first-order chi connectivity index (χ1) is 9.90. The Kier molecular flexibility index (Phi) is 4.86. The van der Waals surface area contributed by atoms with Crippen molar-refractivity contribution in [3.63, 3.8) is 0 Å². The summed E-state index contributed by atoms with van der Waals surface area (Å²) < 4.78 is 0. The van der Waals surface area contributed by atoms with Crippen LogP contribution < -0.4 is 5.32 Å². The zero-order valence-electron chi connectivity index (χ0n) is 12.1. The van der Waals surface area contributed by atoms with Crippen molar-refractivity contribution in [2.45, 2.75) is 26.7 Å². The van der Waals surface area contributed by atoms with Crippen LogP contribution in [0.3, 0.4) is 0 Å². The lowest BCUT2D eigenvalue weighted by Gasteiger charge is -2.16. The van der Waals surface area contributed by atoms with Gasteiger partial charge in [-0.15, -0.1) is 0 Å². The van der Waals surface area contributed by atoms with E-state index in [0.29, 0.717) is 11.5 Å². The second-order valence-electron chi connectivity index (χ2n) is 5.13. The SMILES string of the molecule is Cc1cccc(C(C)C)c1NC(=O)c1cc(Cl)ncc1Cl. The van der Waals surface area contributed by atoms with Crippen LogP contribution in [0.5, 0.6) is 0 Å². The van der Waals surface area contributed by atoms with Gasteiger partial charge in [0.05, 0.1) is 10.6 Å². The van der Waals surface area contributed by atoms with E-state index >= 15 is 0 Å². The minimum atomic E-state index is -0.291. The highest BCUT2D eigenvalue weighted by Crippen LogP contribution is 2.28. The van der Waals surface area contributed by atoms with Crippen LogP contribution in [0.4, 0.5) is 5.69 Å². The lowest BCUT2D eigenvalue weighted by molar-refractivity contribution is 0.102. The van der Waals surface area contributed by atoms with E-state index in [4.69, 9.17) is 23.2 Å². The molecule has 110 valence electrons. The largest absolute Gasteiger partial charge is 0.321 e. The highest BCUT2D eigenvalue weighted by Gasteiger charge is 2.16. The van der Waals surface area contributed by atoms with Crippen molar-refractivity contribution in [2.75, 3.05) is 5.32 Å². The molecule has 1 N–H and O–H groups in total. The predicted molar refractivity (Wildman–Crippen MR) is 87.5 cm³/mol. The maximum absolute atomic E-state index is 12.4. The van der Waals surface area contributed by atoms with Gasteiger partial charge in [-0.2, -0.15) is 0 Å². The summed E-state index contributed by atoms with van der Waals surface area (Å²) in [6.07, 6.45) is 1.38. The minimum absolute atomic E-state index is 0.235. The maximum Gasteiger partial charge on any atom is 0.257 e. The van der Waals surface area contributed by atoms with Gasteiger partial charge in [-0.25, -0.2) is 4.98 Å². The van der Waals surface area contributed by atoms with E-state index in [0.717, 1.165) is 16.8 Å². The Morgan fingerprint density at radius 3 is 2.67 bits per heavy atom. The molecular weight excluding hydrogens is 307 g/mol. The number of carbonyl (C=O) groups excluding carboxylic acids is 1. The van der Waals surface area contributed by atoms with Crippen molar-refractivity contribution < 1.29 is 4.79 Å². The van der Waals surface area contributed by atoms with Gasteiger partial charge >= 0.3 is 0 Å². The highest BCUT2D eigenvalue weighted by molar-refractivity contribution is 6.35. The predicted octanol–water partition coefficient (Wildman–Crippen LogP) is 5.07. The maximum atomic E-state index is 12.4. The monoisotopic (exact) mass is 322 g/mol. The minimum Gasteiger partial charge on any atom is -0.321 e. The second kappa shape index (κ2) is 6.46. The summed E-state index contributed by atoms with van der Waals surface area (Å²) in [6.45, 7) is 6.13. The molecule has 0 aliphatic carbocycles. The van der Waals surface area contributed by atoms with Crippen LogP contribution in [-0.2, 0) is 0 Å². The third kappa shape index (κ3) is 3.55. The number of amides is 1. The summed E-state index contributed by atoms with van der Waals surface area (Å²) in [4.78, 5) is 16.3. The Balaban J connectivity index is 2.38. The molecule has 5 heteroatoms. The van der Waals surface area contributed by atoms with Crippen LogP contribution in [0.2, 0.25) is 10.2 Å². The van der Waals surface area contributed by atoms with Crippen molar-refractivity contribution in [3.8, 4) is 0 Å². The fourth-order valence-corrected chi connectivity index (χ4v) is 2.46. The molecule has 0 fully saturated rings. The van der Waals surface area contributed by atoms with Gasteiger partial charge in [-0.05, 0) is 30.0 Å². The van der Waals surface area contributed by atoms with E-state index in [1.54, 1.807) is 0 Å². The molecule has 0 aliphatic heterocycles. The van der Waals surface area contributed by atoms with Gasteiger partial charge in [0.2, 0.25) is 0 Å². The van der Waals surface area contributed by atoms with Crippen molar-refractivity contribution in [1.82, 2.24) is 4.98 Å². The van der Waals surface area contributed by atoms with E-state index in [-0.39, 0.29) is 16.1 Å². The van der Waals surface area contributed by atoms with Gasteiger partial charge in [0, 0.05) is 11.9 Å². The molecule has 1 aromatic carbocycles. The van der Waals surface area contributed by atoms with Crippen LogP contribution in [0.15, 0.2) is 30.5 Å². The van der Waals surface area contributed by atoms with Crippen LogP contribution in [0.25, 0.3) is 0 Å². The summed E-state index contributed by atoms with van der Waals surface area (Å²) in [5.74, 6) is 0.0113. The second-order valence-corrected chi connectivity index (χ2v) is 5.93. The molecule has 1 heterocycles. The summed E-state index contributed by atoms with van der Waals surface area (Å²) in [5.41, 5.74) is 3.22. The zero-order valence-corrected chi connectivity index (χ0v) is 13.6. The Morgan fingerprint density at radius 1 is 1.29 bits per heavy atom. The number of anilines is 1. The Morgan fingerprint density at radius 2 is 2.00 bits per heavy atom. The van der Waals surface area contributed by atoms with Crippen LogP contribution in [0.1, 0.15) is 41.3 Å². The van der Waals surface area contributed by atoms with E-state index in [1.165, 1.54) is 12.3 Å². The number of para-hydroxylation sites is 1. The molecule has 0 spiro atoms. The first kappa shape index (κ1) is 15.8. The molecule has 0 radical (unpaired) electrons. The lowest BCUT2D eigenvalue weighted by Crippen LogP contribution is -2.15. The zero-order chi connectivity index (χ0) is 15.6. The smallest absolute Gasteiger partial charge is 0.257 e. The van der Waals surface area contributed by atoms with Gasteiger partial charge in [0.25, 0.3) is 5.91 Å². The number of hydrogen-bond donors (Lipinski definition) is 1. The van der Waals surface area contributed by atoms with Crippen LogP contribution in [0, 0.1) is 6.92 Å². The number of nitrogens with one attached hydrogen (secondary N) is 1. The normalized spacial score (nSPS) is 10.8. The molecule has 0 saturated carbocycles. The number of aromatic nitrogens is 1. The highest BCUT2D eigenvalue weighted by atomic mass is 35.5. The summed E-state index contributed by atoms with van der Waals surface area (Å²) in [6, 6.07) is 7.42. The topological polar surface area (TPSA) is 42.0 Å². The van der Waals surface area contributed by atoms with Crippen molar-refractivity contribution >= 4 is 34.8 Å². The molecule has 0 unspecified atom stereocenters. The molecule has 0 saturated heterocycles. The molecule has 21 heavy (non-hydrogen) atoms.